The monoisotopic (exact) mass is 332 g/mol. The number of hydrogen-bond acceptors (Lipinski definition) is 3. The van der Waals surface area contributed by atoms with Crippen molar-refractivity contribution in [2.45, 2.75) is 97.7 Å². The van der Waals surface area contributed by atoms with E-state index in [0.29, 0.717) is 5.92 Å². The molecule has 0 saturated heterocycles. The number of rotatable bonds is 16. The molecule has 0 spiro atoms. The van der Waals surface area contributed by atoms with Crippen molar-refractivity contribution < 1.29 is 9.47 Å². The molecule has 0 fully saturated rings. The molecule has 134 valence electrons. The molecule has 1 atom stereocenters. The average Bonchev–Trinajstić information content (AvgIpc) is 2.53. The van der Waals surface area contributed by atoms with Crippen LogP contribution < -0.4 is 0 Å². The van der Waals surface area contributed by atoms with Crippen LogP contribution in [0.3, 0.4) is 0 Å². The quantitative estimate of drug-likeness (QED) is 0.205. The molecule has 0 N–H and O–H groups in total. The van der Waals surface area contributed by atoms with Gasteiger partial charge in [0.25, 0.3) is 0 Å². The van der Waals surface area contributed by atoms with Crippen LogP contribution in [0.25, 0.3) is 0 Å². The third-order valence-corrected chi connectivity index (χ3v) is 4.83. The van der Waals surface area contributed by atoms with Crippen LogP contribution in [-0.4, -0.2) is 24.8 Å². The maximum atomic E-state index is 6.13. The Labute approximate surface area is 145 Å². The summed E-state index contributed by atoms with van der Waals surface area (Å²) in [5.41, 5.74) is 0. The van der Waals surface area contributed by atoms with E-state index < -0.39 is 0 Å². The zero-order valence-electron chi connectivity index (χ0n) is 15.5. The summed E-state index contributed by atoms with van der Waals surface area (Å²) >= 11 is 4.39. The van der Waals surface area contributed by atoms with Gasteiger partial charge in [-0.1, -0.05) is 52.4 Å². The van der Waals surface area contributed by atoms with E-state index in [1.165, 1.54) is 44.9 Å². The number of thiol groups is 1. The highest BCUT2D eigenvalue weighted by molar-refractivity contribution is 7.80. The van der Waals surface area contributed by atoms with Crippen LogP contribution >= 0.6 is 12.6 Å². The molecular weight excluding hydrogens is 292 g/mol. The number of unbranched alkanes of at least 4 members (excludes halogenated alkanes) is 5. The van der Waals surface area contributed by atoms with E-state index in [2.05, 4.69) is 40.3 Å². The van der Waals surface area contributed by atoms with E-state index in [0.717, 1.165) is 38.2 Å². The molecule has 0 radical (unpaired) electrons. The summed E-state index contributed by atoms with van der Waals surface area (Å²) in [5, 5.41) is 0. The zero-order chi connectivity index (χ0) is 16.7. The van der Waals surface area contributed by atoms with Crippen LogP contribution in [0.1, 0.15) is 91.9 Å². The average molecular weight is 333 g/mol. The van der Waals surface area contributed by atoms with Crippen LogP contribution in [0.15, 0.2) is 0 Å². The summed E-state index contributed by atoms with van der Waals surface area (Å²) in [6.45, 7) is 10.1. The third-order valence-electron chi connectivity index (χ3n) is 4.51. The molecule has 0 aliphatic rings. The van der Waals surface area contributed by atoms with Gasteiger partial charge in [-0.05, 0) is 45.3 Å². The van der Waals surface area contributed by atoms with Gasteiger partial charge in [0.1, 0.15) is 0 Å². The van der Waals surface area contributed by atoms with Crippen molar-refractivity contribution in [3.63, 3.8) is 0 Å². The highest BCUT2D eigenvalue weighted by Gasteiger charge is 2.38. The van der Waals surface area contributed by atoms with Gasteiger partial charge in [0.05, 0.1) is 0 Å². The lowest BCUT2D eigenvalue weighted by Gasteiger charge is -2.40. The van der Waals surface area contributed by atoms with Crippen LogP contribution in [-0.2, 0) is 9.47 Å². The fourth-order valence-electron chi connectivity index (χ4n) is 3.35. The first-order valence-corrected chi connectivity index (χ1v) is 10.2. The molecule has 0 aromatic heterocycles. The first-order chi connectivity index (χ1) is 10.7. The van der Waals surface area contributed by atoms with E-state index in [4.69, 9.17) is 9.47 Å². The summed E-state index contributed by atoms with van der Waals surface area (Å²) in [5.74, 6) is 1.07. The molecule has 22 heavy (non-hydrogen) atoms. The molecule has 0 heterocycles. The van der Waals surface area contributed by atoms with Crippen molar-refractivity contribution in [1.29, 1.82) is 0 Å². The van der Waals surface area contributed by atoms with Gasteiger partial charge in [-0.25, -0.2) is 0 Å². The summed E-state index contributed by atoms with van der Waals surface area (Å²) in [6.07, 6.45) is 12.5. The van der Waals surface area contributed by atoms with Crippen LogP contribution in [0.2, 0.25) is 0 Å². The van der Waals surface area contributed by atoms with Gasteiger partial charge < -0.3 is 9.47 Å². The van der Waals surface area contributed by atoms with Crippen molar-refractivity contribution in [1.82, 2.24) is 0 Å². The van der Waals surface area contributed by atoms with Gasteiger partial charge in [0, 0.05) is 19.1 Å². The molecule has 0 aromatic rings. The fourth-order valence-corrected chi connectivity index (χ4v) is 3.53. The Balaban J connectivity index is 4.53. The molecule has 0 bridgehead atoms. The van der Waals surface area contributed by atoms with Crippen LogP contribution in [0, 0.1) is 5.92 Å². The second-order valence-electron chi connectivity index (χ2n) is 6.15. The van der Waals surface area contributed by atoms with Gasteiger partial charge in [0.15, 0.2) is 5.79 Å². The summed E-state index contributed by atoms with van der Waals surface area (Å²) in [6, 6.07) is 0. The van der Waals surface area contributed by atoms with Gasteiger partial charge in [-0.15, -0.1) is 0 Å². The molecule has 0 amide bonds. The lowest BCUT2D eigenvalue weighted by molar-refractivity contribution is -0.267. The Hall–Kier alpha value is 0.270. The van der Waals surface area contributed by atoms with E-state index >= 15 is 0 Å². The standard InChI is InChI=1S/C19H40O2S/c1-5-9-10-11-12-13-15-18(16-14-17-22)19(6-2,20-7-3)21-8-4/h18,22H,5-17H2,1-4H3. The second kappa shape index (κ2) is 14.8. The first-order valence-electron chi connectivity index (χ1n) is 9.59. The third kappa shape index (κ3) is 8.79. The first kappa shape index (κ1) is 22.3. The second-order valence-corrected chi connectivity index (χ2v) is 6.60. The van der Waals surface area contributed by atoms with Gasteiger partial charge in [-0.3, -0.25) is 0 Å². The summed E-state index contributed by atoms with van der Waals surface area (Å²) in [4.78, 5) is 0. The van der Waals surface area contributed by atoms with Crippen molar-refractivity contribution in [2.24, 2.45) is 5.92 Å². The van der Waals surface area contributed by atoms with Crippen LogP contribution in [0.4, 0.5) is 0 Å². The molecule has 1 unspecified atom stereocenters. The van der Waals surface area contributed by atoms with E-state index in [1.54, 1.807) is 0 Å². The van der Waals surface area contributed by atoms with Crippen molar-refractivity contribution in [3.8, 4) is 0 Å². The Bertz CT molecular complexity index is 227. The lowest BCUT2D eigenvalue weighted by atomic mass is 9.86. The SMILES string of the molecule is CCCCCCCCC(CCCS)C(CC)(OCC)OCC. The van der Waals surface area contributed by atoms with Crippen LogP contribution in [0.5, 0.6) is 0 Å². The lowest BCUT2D eigenvalue weighted by Crippen LogP contribution is -2.43. The highest BCUT2D eigenvalue weighted by atomic mass is 32.1. The molecule has 0 rings (SSSR count). The predicted octanol–water partition coefficient (Wildman–Crippen LogP) is 6.24. The number of ether oxygens (including phenoxy) is 2. The van der Waals surface area contributed by atoms with E-state index in [-0.39, 0.29) is 5.79 Å². The Kier molecular flexibility index (Phi) is 15.0. The zero-order valence-corrected chi connectivity index (χ0v) is 16.4. The maximum Gasteiger partial charge on any atom is 0.170 e. The maximum absolute atomic E-state index is 6.13. The molecule has 3 heteroatoms. The van der Waals surface area contributed by atoms with Gasteiger partial charge in [0.2, 0.25) is 0 Å². The minimum absolute atomic E-state index is 0.379. The molecule has 0 aliphatic heterocycles. The smallest absolute Gasteiger partial charge is 0.170 e. The number of hydrogen-bond donors (Lipinski definition) is 1. The highest BCUT2D eigenvalue weighted by Crippen LogP contribution is 2.35. The van der Waals surface area contributed by atoms with Gasteiger partial charge in [-0.2, -0.15) is 12.6 Å². The summed E-state index contributed by atoms with van der Waals surface area (Å²) < 4.78 is 12.3. The predicted molar refractivity (Wildman–Crippen MR) is 101 cm³/mol. The van der Waals surface area contributed by atoms with Crippen molar-refractivity contribution >= 4 is 12.6 Å². The van der Waals surface area contributed by atoms with E-state index in [1.807, 2.05) is 0 Å². The minimum atomic E-state index is -0.379. The molecule has 2 nitrogen and oxygen atoms in total. The molecule has 0 saturated carbocycles. The van der Waals surface area contributed by atoms with Gasteiger partial charge >= 0.3 is 0 Å². The Morgan fingerprint density at radius 3 is 1.82 bits per heavy atom. The van der Waals surface area contributed by atoms with Crippen molar-refractivity contribution in [2.75, 3.05) is 19.0 Å². The Morgan fingerprint density at radius 1 is 0.773 bits per heavy atom. The van der Waals surface area contributed by atoms with Crippen molar-refractivity contribution in [3.05, 3.63) is 0 Å². The Morgan fingerprint density at radius 2 is 1.32 bits per heavy atom. The fraction of sp³-hybridized carbons (Fsp3) is 1.00. The van der Waals surface area contributed by atoms with E-state index in [9.17, 15) is 0 Å². The largest absolute Gasteiger partial charge is 0.350 e. The normalized spacial score (nSPS) is 13.5. The molecular formula is C19H40O2S. The molecule has 0 aliphatic carbocycles. The topological polar surface area (TPSA) is 18.5 Å². The molecule has 0 aromatic carbocycles. The summed E-state index contributed by atoms with van der Waals surface area (Å²) in [7, 11) is 0. The minimum Gasteiger partial charge on any atom is -0.350 e.